The lowest BCUT2D eigenvalue weighted by Crippen LogP contribution is -2.35. The molecule has 2 aromatic carbocycles. The van der Waals surface area contributed by atoms with Crippen molar-refractivity contribution in [2.45, 2.75) is 52.0 Å². The van der Waals surface area contributed by atoms with Crippen molar-refractivity contribution in [3.05, 3.63) is 48.0 Å². The smallest absolute Gasteiger partial charge is 0.264 e. The van der Waals surface area contributed by atoms with Crippen LogP contribution in [0.4, 0.5) is 5.69 Å². The van der Waals surface area contributed by atoms with E-state index in [1.807, 2.05) is 43.3 Å². The molecule has 0 aliphatic heterocycles. The Morgan fingerprint density at radius 2 is 1.65 bits per heavy atom. The summed E-state index contributed by atoms with van der Waals surface area (Å²) in [6, 6.07) is 12.6. The Balaban J connectivity index is 2.07. The summed E-state index contributed by atoms with van der Waals surface area (Å²) in [5.41, 5.74) is 1.46. The van der Waals surface area contributed by atoms with Crippen molar-refractivity contribution in [1.29, 1.82) is 0 Å². The molecule has 1 N–H and O–H groups in total. The predicted molar refractivity (Wildman–Crippen MR) is 139 cm³/mol. The van der Waals surface area contributed by atoms with Gasteiger partial charge in [0.15, 0.2) is 17.3 Å². The van der Waals surface area contributed by atoms with E-state index in [0.29, 0.717) is 40.1 Å². The average Bonchev–Trinajstić information content (AvgIpc) is 2.82. The maximum Gasteiger partial charge on any atom is 0.264 e. The summed E-state index contributed by atoms with van der Waals surface area (Å²) in [5, 5.41) is 12.1. The average molecular weight is 490 g/mol. The summed E-state index contributed by atoms with van der Waals surface area (Å²) in [6.07, 6.45) is 2.83. The molecule has 0 amide bonds. The first-order valence-corrected chi connectivity index (χ1v) is 13.8. The van der Waals surface area contributed by atoms with Crippen LogP contribution >= 0.6 is 7.37 Å². The third-order valence-electron chi connectivity index (χ3n) is 7.01. The standard InChI is InChI=1S/C27H40NO5P/c1-18(2)23-14-8-19(3)16-25(23)33-34(30,22-12-10-21(11-13-22)28(4)5)27(29)20-9-15-24(31-6)26(17-20)32-7/h9-13,15,17-19,23,25,27,29H,8,14,16H2,1-7H3/t19-,23-,25-,27+,34+/m1/s1. The van der Waals surface area contributed by atoms with Gasteiger partial charge in [-0.3, -0.25) is 4.57 Å². The highest BCUT2D eigenvalue weighted by molar-refractivity contribution is 7.67. The Labute approximate surface area is 204 Å². The van der Waals surface area contributed by atoms with Gasteiger partial charge in [0.2, 0.25) is 0 Å². The van der Waals surface area contributed by atoms with Crippen LogP contribution in [0.15, 0.2) is 42.5 Å². The lowest BCUT2D eigenvalue weighted by molar-refractivity contribution is 0.0427. The molecule has 1 aliphatic carbocycles. The van der Waals surface area contributed by atoms with Crippen molar-refractivity contribution in [2.75, 3.05) is 33.2 Å². The first kappa shape index (κ1) is 26.6. The van der Waals surface area contributed by atoms with Crippen molar-refractivity contribution in [1.82, 2.24) is 0 Å². The molecule has 34 heavy (non-hydrogen) atoms. The maximum absolute atomic E-state index is 14.7. The minimum absolute atomic E-state index is 0.182. The van der Waals surface area contributed by atoms with Crippen molar-refractivity contribution in [3.63, 3.8) is 0 Å². The van der Waals surface area contributed by atoms with Crippen LogP contribution in [0.1, 0.15) is 51.4 Å². The van der Waals surface area contributed by atoms with Crippen molar-refractivity contribution in [2.24, 2.45) is 17.8 Å². The second-order valence-corrected chi connectivity index (χ2v) is 12.4. The van der Waals surface area contributed by atoms with Crippen LogP contribution in [0, 0.1) is 17.8 Å². The topological polar surface area (TPSA) is 68.2 Å². The van der Waals surface area contributed by atoms with Gasteiger partial charge in [0.25, 0.3) is 7.37 Å². The molecule has 0 bridgehead atoms. The molecule has 0 spiro atoms. The van der Waals surface area contributed by atoms with E-state index in [1.165, 1.54) is 0 Å². The zero-order chi connectivity index (χ0) is 25.0. The summed E-state index contributed by atoms with van der Waals surface area (Å²) in [4.78, 5) is 1.98. The largest absolute Gasteiger partial charge is 0.493 e. The van der Waals surface area contributed by atoms with E-state index < -0.39 is 13.2 Å². The molecule has 5 atom stereocenters. The molecule has 6 nitrogen and oxygen atoms in total. The molecule has 0 heterocycles. The van der Waals surface area contributed by atoms with Crippen LogP contribution in [-0.2, 0) is 9.09 Å². The molecule has 1 aliphatic rings. The summed E-state index contributed by atoms with van der Waals surface area (Å²) in [7, 11) is 3.30. The normalized spacial score (nSPS) is 23.3. The molecular weight excluding hydrogens is 449 g/mol. The molecule has 0 saturated heterocycles. The lowest BCUT2D eigenvalue weighted by Gasteiger charge is -2.40. The number of methoxy groups -OCH3 is 2. The number of aliphatic hydroxyl groups is 1. The van der Waals surface area contributed by atoms with Crippen LogP contribution in [0.25, 0.3) is 0 Å². The molecule has 1 saturated carbocycles. The van der Waals surface area contributed by atoms with Gasteiger partial charge in [-0.2, -0.15) is 0 Å². The summed E-state index contributed by atoms with van der Waals surface area (Å²) < 4.78 is 32.1. The van der Waals surface area contributed by atoms with Crippen LogP contribution in [0.2, 0.25) is 0 Å². The molecular formula is C27H40NO5P. The van der Waals surface area contributed by atoms with E-state index in [0.717, 1.165) is 24.9 Å². The molecule has 188 valence electrons. The predicted octanol–water partition coefficient (Wildman–Crippen LogP) is 5.84. The highest BCUT2D eigenvalue weighted by Gasteiger charge is 2.43. The molecule has 2 aromatic rings. The van der Waals surface area contributed by atoms with Crippen molar-refractivity contribution in [3.8, 4) is 11.5 Å². The molecule has 7 heteroatoms. The Morgan fingerprint density at radius 3 is 2.21 bits per heavy atom. The Bertz CT molecular complexity index is 991. The minimum Gasteiger partial charge on any atom is -0.493 e. The van der Waals surface area contributed by atoms with Crippen molar-refractivity contribution >= 4 is 18.4 Å². The van der Waals surface area contributed by atoms with Gasteiger partial charge in [-0.25, -0.2) is 0 Å². The Hall–Kier alpha value is -2.01. The lowest BCUT2D eigenvalue weighted by atomic mass is 9.75. The van der Waals surface area contributed by atoms with E-state index in [2.05, 4.69) is 20.8 Å². The van der Waals surface area contributed by atoms with Crippen LogP contribution < -0.4 is 19.7 Å². The van der Waals surface area contributed by atoms with Gasteiger partial charge in [-0.1, -0.05) is 33.3 Å². The second kappa shape index (κ2) is 11.2. The van der Waals surface area contributed by atoms with E-state index in [1.54, 1.807) is 32.4 Å². The number of ether oxygens (including phenoxy) is 2. The zero-order valence-corrected chi connectivity index (χ0v) is 22.4. The number of nitrogens with zero attached hydrogens (tertiary/aromatic N) is 1. The third kappa shape index (κ3) is 5.62. The number of aliphatic hydroxyl groups excluding tert-OH is 1. The van der Waals surface area contributed by atoms with Crippen LogP contribution in [-0.4, -0.2) is 39.5 Å². The molecule has 1 fully saturated rings. The SMILES string of the molecule is COc1ccc([C@@H](O)[P@@](=O)(O[C@@H]2C[C@H](C)CC[C@@H]2C(C)C)c2ccc(N(C)C)cc2)cc1OC. The highest BCUT2D eigenvalue weighted by atomic mass is 31.2. The van der Waals surface area contributed by atoms with Gasteiger partial charge in [0.1, 0.15) is 0 Å². The fourth-order valence-corrected chi connectivity index (χ4v) is 7.15. The minimum atomic E-state index is -3.72. The summed E-state index contributed by atoms with van der Waals surface area (Å²) in [5.74, 6) is 0.874. The van der Waals surface area contributed by atoms with Gasteiger partial charge in [-0.05, 0) is 72.6 Å². The van der Waals surface area contributed by atoms with Gasteiger partial charge in [-0.15, -0.1) is 0 Å². The van der Waals surface area contributed by atoms with Gasteiger partial charge in [0.05, 0.1) is 20.3 Å². The van der Waals surface area contributed by atoms with E-state index in [-0.39, 0.29) is 6.10 Å². The van der Waals surface area contributed by atoms with Gasteiger partial charge in [0, 0.05) is 25.1 Å². The zero-order valence-electron chi connectivity index (χ0n) is 21.5. The maximum atomic E-state index is 14.7. The molecule has 0 unspecified atom stereocenters. The monoisotopic (exact) mass is 489 g/mol. The second-order valence-electron chi connectivity index (χ2n) is 9.97. The fraction of sp³-hybridized carbons (Fsp3) is 0.556. The quantitative estimate of drug-likeness (QED) is 0.446. The Kier molecular flexibility index (Phi) is 8.72. The first-order valence-electron chi connectivity index (χ1n) is 12.1. The van der Waals surface area contributed by atoms with Crippen molar-refractivity contribution < 1.29 is 23.7 Å². The summed E-state index contributed by atoms with van der Waals surface area (Å²) in [6.45, 7) is 6.60. The molecule has 0 radical (unpaired) electrons. The van der Waals surface area contributed by atoms with Gasteiger partial charge < -0.3 is 24.0 Å². The van der Waals surface area contributed by atoms with E-state index in [9.17, 15) is 9.67 Å². The van der Waals surface area contributed by atoms with Gasteiger partial charge >= 0.3 is 0 Å². The summed E-state index contributed by atoms with van der Waals surface area (Å²) >= 11 is 0. The van der Waals surface area contributed by atoms with Crippen LogP contribution in [0.3, 0.4) is 0 Å². The molecule has 3 rings (SSSR count). The first-order chi connectivity index (χ1) is 16.1. The number of anilines is 1. The van der Waals surface area contributed by atoms with E-state index in [4.69, 9.17) is 14.0 Å². The number of hydrogen-bond donors (Lipinski definition) is 1. The number of benzene rings is 2. The number of rotatable bonds is 9. The fourth-order valence-electron chi connectivity index (χ4n) is 4.86. The number of hydrogen-bond acceptors (Lipinski definition) is 6. The Morgan fingerprint density at radius 1 is 1.00 bits per heavy atom. The highest BCUT2D eigenvalue weighted by Crippen LogP contribution is 2.61. The third-order valence-corrected chi connectivity index (χ3v) is 9.55. The molecule has 0 aromatic heterocycles. The van der Waals surface area contributed by atoms with E-state index >= 15 is 0 Å². The van der Waals surface area contributed by atoms with Crippen LogP contribution in [0.5, 0.6) is 11.5 Å².